The monoisotopic (exact) mass is 788 g/mol. The van der Waals surface area contributed by atoms with Gasteiger partial charge in [-0.05, 0) is 94.6 Å². The predicted octanol–water partition coefficient (Wildman–Crippen LogP) is 16.1. The Labute approximate surface area is 350 Å². The SMILES string of the molecule is C=C1/C=C\C=C/CN(c2ccc(-n3c4ccccc4c4cc(-c5cccc6c5sc5ccccc56)ccc43)cc2)c2ccc(-c3cccc4c3sc3ccccc34)cc21. The van der Waals surface area contributed by atoms with Gasteiger partial charge in [0.15, 0.2) is 0 Å². The molecule has 0 bridgehead atoms. The Bertz CT molecular complexity index is 3550. The van der Waals surface area contributed by atoms with Crippen molar-refractivity contribution < 1.29 is 0 Å². The van der Waals surface area contributed by atoms with E-state index < -0.39 is 0 Å². The summed E-state index contributed by atoms with van der Waals surface area (Å²) in [6.07, 6.45) is 8.59. The highest BCUT2D eigenvalue weighted by atomic mass is 32.1. The molecule has 0 unspecified atom stereocenters. The quantitative estimate of drug-likeness (QED) is 0.172. The number of aromatic nitrogens is 1. The number of hydrogen-bond acceptors (Lipinski definition) is 3. The third kappa shape index (κ3) is 5.45. The van der Waals surface area contributed by atoms with Gasteiger partial charge in [-0.2, -0.15) is 0 Å². The van der Waals surface area contributed by atoms with E-state index in [0.717, 1.165) is 34.7 Å². The van der Waals surface area contributed by atoms with Gasteiger partial charge in [-0.1, -0.05) is 134 Å². The zero-order chi connectivity index (χ0) is 39.0. The highest BCUT2D eigenvalue weighted by Gasteiger charge is 2.20. The Hall–Kier alpha value is -6.98. The smallest absolute Gasteiger partial charge is 0.0541 e. The highest BCUT2D eigenvalue weighted by Crippen LogP contribution is 2.44. The Morgan fingerprint density at radius 2 is 1.02 bits per heavy atom. The van der Waals surface area contributed by atoms with E-state index >= 15 is 0 Å². The first-order chi connectivity index (χ1) is 29.2. The first-order valence-corrected chi connectivity index (χ1v) is 21.7. The lowest BCUT2D eigenvalue weighted by atomic mass is 9.96. The molecule has 0 saturated carbocycles. The Balaban J connectivity index is 0.945. The maximum atomic E-state index is 4.57. The molecule has 0 amide bonds. The van der Waals surface area contributed by atoms with Gasteiger partial charge in [-0.25, -0.2) is 0 Å². The summed E-state index contributed by atoms with van der Waals surface area (Å²) in [5, 5.41) is 7.79. The number of rotatable bonds is 4. The molecule has 0 fully saturated rings. The minimum Gasteiger partial charge on any atom is -0.337 e. The van der Waals surface area contributed by atoms with E-state index in [1.807, 2.05) is 22.7 Å². The molecule has 8 aromatic carbocycles. The van der Waals surface area contributed by atoms with Crippen LogP contribution in [-0.4, -0.2) is 11.1 Å². The van der Waals surface area contributed by atoms with Crippen LogP contribution in [0.5, 0.6) is 0 Å². The van der Waals surface area contributed by atoms with Crippen molar-refractivity contribution in [2.45, 2.75) is 0 Å². The van der Waals surface area contributed by atoms with Crippen LogP contribution in [0, 0.1) is 0 Å². The fraction of sp³-hybridized carbons (Fsp3) is 0.0182. The summed E-state index contributed by atoms with van der Waals surface area (Å²) in [5.74, 6) is 0. The number of fused-ring (bicyclic) bond motifs is 10. The van der Waals surface area contributed by atoms with Crippen molar-refractivity contribution in [1.82, 2.24) is 4.57 Å². The molecule has 0 spiro atoms. The number of benzene rings is 8. The summed E-state index contributed by atoms with van der Waals surface area (Å²) in [6.45, 7) is 5.30. The molecule has 4 heteroatoms. The van der Waals surface area contributed by atoms with E-state index in [2.05, 4.69) is 210 Å². The third-order valence-electron chi connectivity index (χ3n) is 12.0. The van der Waals surface area contributed by atoms with E-state index in [0.29, 0.717) is 0 Å². The molecule has 0 N–H and O–H groups in total. The highest BCUT2D eigenvalue weighted by molar-refractivity contribution is 7.26. The second-order valence-corrected chi connectivity index (χ2v) is 17.4. The number of hydrogen-bond donors (Lipinski definition) is 0. The van der Waals surface area contributed by atoms with Crippen LogP contribution in [0.2, 0.25) is 0 Å². The predicted molar refractivity (Wildman–Crippen MR) is 258 cm³/mol. The van der Waals surface area contributed by atoms with Gasteiger partial charge in [0.1, 0.15) is 0 Å². The fourth-order valence-electron chi connectivity index (χ4n) is 9.19. The maximum Gasteiger partial charge on any atom is 0.0541 e. The fourth-order valence-corrected chi connectivity index (χ4v) is 11.7. The van der Waals surface area contributed by atoms with Gasteiger partial charge >= 0.3 is 0 Å². The minimum atomic E-state index is 0.736. The van der Waals surface area contributed by atoms with E-state index in [9.17, 15) is 0 Å². The molecular formula is C55H36N2S2. The Morgan fingerprint density at radius 3 is 1.73 bits per heavy atom. The zero-order valence-corrected chi connectivity index (χ0v) is 33.7. The van der Waals surface area contributed by atoms with Gasteiger partial charge in [-0.3, -0.25) is 0 Å². The average molecular weight is 789 g/mol. The van der Waals surface area contributed by atoms with Crippen LogP contribution in [0.3, 0.4) is 0 Å². The molecule has 3 aromatic heterocycles. The van der Waals surface area contributed by atoms with Gasteiger partial charge in [-0.15, -0.1) is 22.7 Å². The molecule has 11 aromatic rings. The summed E-state index contributed by atoms with van der Waals surface area (Å²) >= 11 is 3.76. The lowest BCUT2D eigenvalue weighted by Gasteiger charge is -2.27. The summed E-state index contributed by atoms with van der Waals surface area (Å²) in [7, 11) is 0. The van der Waals surface area contributed by atoms with Gasteiger partial charge in [0.05, 0.1) is 11.0 Å². The van der Waals surface area contributed by atoms with Crippen molar-refractivity contribution in [3.8, 4) is 27.9 Å². The maximum absolute atomic E-state index is 4.57. The topological polar surface area (TPSA) is 8.17 Å². The molecule has 278 valence electrons. The molecule has 4 heterocycles. The van der Waals surface area contributed by atoms with Gasteiger partial charge in [0.25, 0.3) is 0 Å². The van der Waals surface area contributed by atoms with Crippen LogP contribution < -0.4 is 4.90 Å². The molecule has 0 atom stereocenters. The summed E-state index contributed by atoms with van der Waals surface area (Å²) < 4.78 is 7.72. The second kappa shape index (κ2) is 13.6. The lowest BCUT2D eigenvalue weighted by Crippen LogP contribution is -2.18. The van der Waals surface area contributed by atoms with Crippen molar-refractivity contribution in [3.05, 3.63) is 206 Å². The van der Waals surface area contributed by atoms with E-state index in [1.165, 1.54) is 84.4 Å². The molecule has 12 rings (SSSR count). The number of para-hydroxylation sites is 1. The van der Waals surface area contributed by atoms with Crippen molar-refractivity contribution >= 4 is 102 Å². The lowest BCUT2D eigenvalue weighted by molar-refractivity contribution is 1.09. The molecule has 59 heavy (non-hydrogen) atoms. The van der Waals surface area contributed by atoms with E-state index in [4.69, 9.17) is 0 Å². The van der Waals surface area contributed by atoms with Gasteiger partial charge in [0.2, 0.25) is 0 Å². The van der Waals surface area contributed by atoms with Crippen LogP contribution in [0.1, 0.15) is 5.56 Å². The average Bonchev–Trinajstić information content (AvgIpc) is 3.98. The van der Waals surface area contributed by atoms with Crippen LogP contribution >= 0.6 is 22.7 Å². The standard InChI is InChI=1S/C55H36N2S2/c1-35-13-3-2-10-32-56(49-30-24-36(33-47(35)49)40-17-11-19-45-43-15-5-8-22-52(43)58-54(40)45)38-26-28-39(29-27-38)57-50-21-7-4-14-42(50)48-34-37(25-31-51(48)57)41-18-12-20-46-44-16-6-9-23-53(44)59-55(41)46/h2-31,33-34H,1,32H2/b10-2-,13-3-. The molecule has 2 nitrogen and oxygen atoms in total. The van der Waals surface area contributed by atoms with E-state index in [1.54, 1.807) is 0 Å². The zero-order valence-electron chi connectivity index (χ0n) is 32.1. The van der Waals surface area contributed by atoms with Crippen LogP contribution in [-0.2, 0) is 0 Å². The summed E-state index contributed by atoms with van der Waals surface area (Å²) in [4.78, 5) is 2.41. The molecular weight excluding hydrogens is 753 g/mol. The van der Waals surface area contributed by atoms with Gasteiger partial charge in [0, 0.05) is 80.3 Å². The van der Waals surface area contributed by atoms with Crippen molar-refractivity contribution in [2.75, 3.05) is 11.4 Å². The molecule has 1 aliphatic rings. The normalized spacial score (nSPS) is 14.3. The molecule has 0 aliphatic carbocycles. The van der Waals surface area contributed by atoms with Crippen molar-refractivity contribution in [2.24, 2.45) is 0 Å². The van der Waals surface area contributed by atoms with Crippen LogP contribution in [0.25, 0.3) is 95.7 Å². The van der Waals surface area contributed by atoms with Crippen LogP contribution in [0.15, 0.2) is 201 Å². The third-order valence-corrected chi connectivity index (χ3v) is 14.4. The first kappa shape index (κ1) is 34.1. The minimum absolute atomic E-state index is 0.736. The number of allylic oxidation sites excluding steroid dienone is 4. The Morgan fingerprint density at radius 1 is 0.441 bits per heavy atom. The van der Waals surface area contributed by atoms with Gasteiger partial charge < -0.3 is 9.47 Å². The van der Waals surface area contributed by atoms with E-state index in [-0.39, 0.29) is 0 Å². The summed E-state index contributed by atoms with van der Waals surface area (Å²) in [5.41, 5.74) is 12.9. The first-order valence-electron chi connectivity index (χ1n) is 20.1. The van der Waals surface area contributed by atoms with Crippen LogP contribution in [0.4, 0.5) is 11.4 Å². The largest absolute Gasteiger partial charge is 0.337 e. The number of nitrogens with zero attached hydrogens (tertiary/aromatic N) is 2. The van der Waals surface area contributed by atoms with Crippen molar-refractivity contribution in [3.63, 3.8) is 0 Å². The number of anilines is 2. The molecule has 0 radical (unpaired) electrons. The van der Waals surface area contributed by atoms with Crippen molar-refractivity contribution in [1.29, 1.82) is 0 Å². The Kier molecular flexibility index (Phi) is 7.84. The number of thiophene rings is 2. The molecule has 1 aliphatic heterocycles. The summed E-state index contributed by atoms with van der Waals surface area (Å²) in [6, 6.07) is 62.7. The molecule has 0 saturated heterocycles. The second-order valence-electron chi connectivity index (χ2n) is 15.3.